The Morgan fingerprint density at radius 1 is 1.32 bits per heavy atom. The minimum Gasteiger partial charge on any atom is -0.376 e. The molecular formula is C21H22ClFN4O2S2. The number of thioether (sulfide) groups is 1. The third kappa shape index (κ3) is 5.65. The average Bonchev–Trinajstić information content (AvgIpc) is 3.50. The normalized spacial score (nSPS) is 16.0. The van der Waals surface area contributed by atoms with Crippen molar-refractivity contribution in [2.24, 2.45) is 0 Å². The number of nitrogens with zero attached hydrogens (tertiary/aromatic N) is 4. The molecule has 0 bridgehead atoms. The largest absolute Gasteiger partial charge is 0.376 e. The highest BCUT2D eigenvalue weighted by molar-refractivity contribution is 7.99. The fourth-order valence-electron chi connectivity index (χ4n) is 3.36. The van der Waals surface area contributed by atoms with E-state index in [0.29, 0.717) is 28.4 Å². The number of thiophene rings is 1. The molecule has 164 valence electrons. The minimum atomic E-state index is -0.302. The lowest BCUT2D eigenvalue weighted by Crippen LogP contribution is -2.27. The first-order valence-electron chi connectivity index (χ1n) is 9.91. The Kier molecular flexibility index (Phi) is 7.27. The zero-order valence-electron chi connectivity index (χ0n) is 17.0. The summed E-state index contributed by atoms with van der Waals surface area (Å²) in [5, 5.41) is 9.29. The van der Waals surface area contributed by atoms with E-state index in [1.165, 1.54) is 35.2 Å². The summed E-state index contributed by atoms with van der Waals surface area (Å²) in [6, 6.07) is 9.94. The predicted molar refractivity (Wildman–Crippen MR) is 121 cm³/mol. The van der Waals surface area contributed by atoms with Crippen molar-refractivity contribution in [3.8, 4) is 11.4 Å². The fraction of sp³-hybridized carbons (Fsp3) is 0.381. The first-order chi connectivity index (χ1) is 15.0. The third-order valence-corrected chi connectivity index (χ3v) is 7.17. The highest BCUT2D eigenvalue weighted by Gasteiger charge is 2.23. The molecule has 6 nitrogen and oxygen atoms in total. The van der Waals surface area contributed by atoms with Crippen molar-refractivity contribution in [1.29, 1.82) is 0 Å². The molecule has 2 aromatic heterocycles. The molecule has 0 saturated carbocycles. The van der Waals surface area contributed by atoms with Crippen molar-refractivity contribution in [2.45, 2.75) is 37.2 Å². The van der Waals surface area contributed by atoms with E-state index in [9.17, 15) is 9.18 Å². The van der Waals surface area contributed by atoms with Gasteiger partial charge < -0.3 is 9.64 Å². The number of hydrogen-bond donors (Lipinski definition) is 0. The van der Waals surface area contributed by atoms with Crippen LogP contribution in [-0.4, -0.2) is 51.1 Å². The van der Waals surface area contributed by atoms with Crippen LogP contribution in [0.5, 0.6) is 0 Å². The summed E-state index contributed by atoms with van der Waals surface area (Å²) < 4.78 is 21.8. The highest BCUT2D eigenvalue weighted by atomic mass is 35.5. The summed E-state index contributed by atoms with van der Waals surface area (Å²) in [7, 11) is 1.78. The van der Waals surface area contributed by atoms with Gasteiger partial charge in [-0.25, -0.2) is 4.39 Å². The lowest BCUT2D eigenvalue weighted by atomic mass is 10.2. The number of carbonyl (C=O) groups excluding carboxylic acids is 1. The Hall–Kier alpha value is -1.94. The zero-order chi connectivity index (χ0) is 21.8. The van der Waals surface area contributed by atoms with E-state index in [4.69, 9.17) is 16.3 Å². The summed E-state index contributed by atoms with van der Waals surface area (Å²) >= 11 is 8.79. The van der Waals surface area contributed by atoms with Crippen LogP contribution in [0.4, 0.5) is 4.39 Å². The molecule has 1 aromatic carbocycles. The van der Waals surface area contributed by atoms with Gasteiger partial charge in [0.25, 0.3) is 0 Å². The Bertz CT molecular complexity index is 1030. The lowest BCUT2D eigenvalue weighted by molar-refractivity contribution is -0.127. The summed E-state index contributed by atoms with van der Waals surface area (Å²) in [5.41, 5.74) is 0.775. The van der Waals surface area contributed by atoms with E-state index in [-0.39, 0.29) is 23.6 Å². The first kappa shape index (κ1) is 22.3. The topological polar surface area (TPSA) is 60.2 Å². The second-order valence-electron chi connectivity index (χ2n) is 7.30. The zero-order valence-corrected chi connectivity index (χ0v) is 19.4. The quantitative estimate of drug-likeness (QED) is 0.436. The van der Waals surface area contributed by atoms with Gasteiger partial charge in [-0.05, 0) is 49.2 Å². The van der Waals surface area contributed by atoms with Crippen molar-refractivity contribution >= 4 is 40.6 Å². The second kappa shape index (κ2) is 10.1. The number of rotatable bonds is 8. The number of benzene rings is 1. The number of aromatic nitrogens is 3. The Morgan fingerprint density at radius 2 is 2.13 bits per heavy atom. The van der Waals surface area contributed by atoms with Crippen molar-refractivity contribution in [3.05, 3.63) is 51.4 Å². The van der Waals surface area contributed by atoms with Gasteiger partial charge in [-0.15, -0.1) is 21.5 Å². The molecule has 0 aliphatic carbocycles. The molecule has 1 unspecified atom stereocenters. The molecule has 1 aliphatic rings. The van der Waals surface area contributed by atoms with Crippen molar-refractivity contribution in [2.75, 3.05) is 19.4 Å². The van der Waals surface area contributed by atoms with Crippen LogP contribution in [0, 0.1) is 5.82 Å². The molecule has 1 saturated heterocycles. The van der Waals surface area contributed by atoms with Gasteiger partial charge in [0, 0.05) is 24.1 Å². The number of ether oxygens (including phenoxy) is 1. The minimum absolute atomic E-state index is 0.00970. The smallest absolute Gasteiger partial charge is 0.233 e. The maximum atomic E-state index is 13.4. The Balaban J connectivity index is 1.47. The summed E-state index contributed by atoms with van der Waals surface area (Å²) in [4.78, 5) is 15.4. The van der Waals surface area contributed by atoms with Gasteiger partial charge in [-0.3, -0.25) is 9.36 Å². The molecule has 1 fully saturated rings. The Labute approximate surface area is 193 Å². The number of carbonyl (C=O) groups is 1. The predicted octanol–water partition coefficient (Wildman–Crippen LogP) is 4.73. The van der Waals surface area contributed by atoms with Crippen LogP contribution in [-0.2, 0) is 22.6 Å². The van der Waals surface area contributed by atoms with Crippen LogP contribution in [0.25, 0.3) is 11.4 Å². The molecule has 1 amide bonds. The van der Waals surface area contributed by atoms with E-state index >= 15 is 0 Å². The number of hydrogen-bond acceptors (Lipinski definition) is 6. The maximum absolute atomic E-state index is 13.4. The second-order valence-corrected chi connectivity index (χ2v) is 10.0. The van der Waals surface area contributed by atoms with Gasteiger partial charge in [-0.1, -0.05) is 23.4 Å². The van der Waals surface area contributed by atoms with Gasteiger partial charge in [0.05, 0.1) is 29.3 Å². The van der Waals surface area contributed by atoms with Gasteiger partial charge in [-0.2, -0.15) is 0 Å². The van der Waals surface area contributed by atoms with E-state index in [2.05, 4.69) is 10.2 Å². The van der Waals surface area contributed by atoms with Gasteiger partial charge >= 0.3 is 0 Å². The first-order valence-corrected chi connectivity index (χ1v) is 12.1. The van der Waals surface area contributed by atoms with Crippen LogP contribution in [0.3, 0.4) is 0 Å². The van der Waals surface area contributed by atoms with Crippen LogP contribution >= 0.6 is 34.7 Å². The molecule has 3 heterocycles. The number of halogens is 2. The van der Waals surface area contributed by atoms with Gasteiger partial charge in [0.2, 0.25) is 5.91 Å². The number of amides is 1. The van der Waals surface area contributed by atoms with Crippen molar-refractivity contribution < 1.29 is 13.9 Å². The molecule has 1 atom stereocenters. The molecule has 1 aliphatic heterocycles. The van der Waals surface area contributed by atoms with Crippen molar-refractivity contribution in [1.82, 2.24) is 19.7 Å². The SMILES string of the molecule is CN(Cc1ccc(Cl)s1)C(=O)CSc1nnc(-c2ccc(F)cc2)n1CC1CCCO1. The van der Waals surface area contributed by atoms with Crippen molar-refractivity contribution in [3.63, 3.8) is 0 Å². The third-order valence-electron chi connectivity index (χ3n) is 5.00. The highest BCUT2D eigenvalue weighted by Crippen LogP contribution is 2.27. The molecule has 31 heavy (non-hydrogen) atoms. The van der Waals surface area contributed by atoms with E-state index < -0.39 is 0 Å². The Morgan fingerprint density at radius 3 is 2.81 bits per heavy atom. The van der Waals surface area contributed by atoms with Crippen LogP contribution in [0.2, 0.25) is 4.34 Å². The molecule has 0 radical (unpaired) electrons. The maximum Gasteiger partial charge on any atom is 0.233 e. The van der Waals surface area contributed by atoms with Crippen LogP contribution < -0.4 is 0 Å². The van der Waals surface area contributed by atoms with Crippen LogP contribution in [0.15, 0.2) is 41.6 Å². The summed E-state index contributed by atoms with van der Waals surface area (Å²) in [6.45, 7) is 1.86. The summed E-state index contributed by atoms with van der Waals surface area (Å²) in [5.74, 6) is 0.573. The fourth-order valence-corrected chi connectivity index (χ4v) is 5.39. The van der Waals surface area contributed by atoms with E-state index in [1.807, 2.05) is 16.7 Å². The molecular weight excluding hydrogens is 459 g/mol. The van der Waals surface area contributed by atoms with Gasteiger partial charge in [0.1, 0.15) is 5.82 Å². The molecule has 0 spiro atoms. The average molecular weight is 481 g/mol. The molecule has 3 aromatic rings. The lowest BCUT2D eigenvalue weighted by Gasteiger charge is -2.17. The standard InChI is InChI=1S/C21H22ClFN4O2S2/c1-26(12-17-8-9-18(22)31-17)19(28)13-30-21-25-24-20(14-4-6-15(23)7-5-14)27(21)11-16-3-2-10-29-16/h4-9,16H,2-3,10-13H2,1H3. The molecule has 4 rings (SSSR count). The van der Waals surface area contributed by atoms with Gasteiger partial charge in [0.15, 0.2) is 11.0 Å². The monoisotopic (exact) mass is 480 g/mol. The van der Waals surface area contributed by atoms with Crippen LogP contribution in [0.1, 0.15) is 17.7 Å². The molecule has 10 heteroatoms. The summed E-state index contributed by atoms with van der Waals surface area (Å²) in [6.07, 6.45) is 2.07. The molecule has 0 N–H and O–H groups in total. The van der Waals surface area contributed by atoms with E-state index in [1.54, 1.807) is 24.1 Å². The van der Waals surface area contributed by atoms with E-state index in [0.717, 1.165) is 29.9 Å².